The molecule has 0 radical (unpaired) electrons. The molecule has 0 aliphatic carbocycles. The first-order valence-electron chi connectivity index (χ1n) is 10.3. The van der Waals surface area contributed by atoms with Crippen molar-refractivity contribution < 1.29 is 4.79 Å². The van der Waals surface area contributed by atoms with E-state index in [1.165, 1.54) is 0 Å². The van der Waals surface area contributed by atoms with E-state index in [4.69, 9.17) is 0 Å². The molecule has 5 N–H and O–H groups in total. The highest BCUT2D eigenvalue weighted by Crippen LogP contribution is 2.22. The number of aryl methyl sites for hydroxylation is 1. The molecule has 1 aliphatic heterocycles. The lowest BCUT2D eigenvalue weighted by molar-refractivity contribution is 0.0963. The fraction of sp³-hybridized carbons (Fsp3) is 0.524. The smallest absolute Gasteiger partial charge is 0.251 e. The predicted molar refractivity (Wildman–Crippen MR) is 121 cm³/mol. The van der Waals surface area contributed by atoms with Crippen LogP contribution in [0.25, 0.3) is 0 Å². The summed E-state index contributed by atoms with van der Waals surface area (Å²) >= 11 is 0. The van der Waals surface area contributed by atoms with Crippen molar-refractivity contribution in [3.63, 3.8) is 0 Å². The van der Waals surface area contributed by atoms with Gasteiger partial charge in [0.1, 0.15) is 0 Å². The number of anilines is 4. The van der Waals surface area contributed by atoms with E-state index in [2.05, 4.69) is 62.3 Å². The standard InChI is InChI=1S/C21H32N8O/c1-13-6-7-14(17(30)22-5)10-16(13)26-20-28-18(24-12-21(2,3)4)27-19(29-20)25-15-8-9-23-11-15/h6-7,10,15,23H,8-9,11-12H2,1-5H3,(H,22,30)(H3,24,25,26,27,28,29)/t15-/m1/s1. The molecule has 1 aliphatic rings. The van der Waals surface area contributed by atoms with Gasteiger partial charge in [-0.3, -0.25) is 4.79 Å². The third kappa shape index (κ3) is 6.03. The van der Waals surface area contributed by atoms with Crippen molar-refractivity contribution in [1.82, 2.24) is 25.6 Å². The predicted octanol–water partition coefficient (Wildman–Crippen LogP) is 2.52. The number of hydrogen-bond acceptors (Lipinski definition) is 8. The Bertz CT molecular complexity index is 887. The van der Waals surface area contributed by atoms with Gasteiger partial charge in [-0.15, -0.1) is 0 Å². The topological polar surface area (TPSA) is 116 Å². The number of benzene rings is 1. The molecule has 2 aromatic rings. The van der Waals surface area contributed by atoms with Crippen LogP contribution in [0, 0.1) is 12.3 Å². The van der Waals surface area contributed by atoms with Crippen LogP contribution in [0.2, 0.25) is 0 Å². The summed E-state index contributed by atoms with van der Waals surface area (Å²) in [5, 5.41) is 15.9. The van der Waals surface area contributed by atoms with Crippen molar-refractivity contribution in [3.8, 4) is 0 Å². The van der Waals surface area contributed by atoms with Crippen molar-refractivity contribution in [2.75, 3.05) is 42.6 Å². The second kappa shape index (κ2) is 9.25. The Kier molecular flexibility index (Phi) is 6.71. The molecule has 1 aromatic carbocycles. The van der Waals surface area contributed by atoms with E-state index in [-0.39, 0.29) is 17.4 Å². The molecule has 0 bridgehead atoms. The van der Waals surface area contributed by atoms with Crippen molar-refractivity contribution in [3.05, 3.63) is 29.3 Å². The van der Waals surface area contributed by atoms with Crippen LogP contribution in [0.4, 0.5) is 23.5 Å². The highest BCUT2D eigenvalue weighted by Gasteiger charge is 2.18. The average Bonchev–Trinajstić information content (AvgIpc) is 3.20. The summed E-state index contributed by atoms with van der Waals surface area (Å²) in [7, 11) is 1.62. The third-order valence-corrected chi connectivity index (χ3v) is 4.78. The number of nitrogens with one attached hydrogen (secondary N) is 5. The Balaban J connectivity index is 1.87. The lowest BCUT2D eigenvalue weighted by atomic mass is 9.97. The highest BCUT2D eigenvalue weighted by atomic mass is 16.1. The number of hydrogen-bond donors (Lipinski definition) is 5. The maximum atomic E-state index is 12.0. The number of nitrogens with zero attached hydrogens (tertiary/aromatic N) is 3. The number of carbonyl (C=O) groups is 1. The first kappa shape index (κ1) is 21.8. The molecule has 0 unspecified atom stereocenters. The van der Waals surface area contributed by atoms with Gasteiger partial charge in [-0.2, -0.15) is 15.0 Å². The van der Waals surface area contributed by atoms with Gasteiger partial charge in [0.15, 0.2) is 0 Å². The fourth-order valence-electron chi connectivity index (χ4n) is 3.04. The van der Waals surface area contributed by atoms with Crippen molar-refractivity contribution >= 4 is 29.4 Å². The maximum absolute atomic E-state index is 12.0. The fourth-order valence-corrected chi connectivity index (χ4v) is 3.04. The van der Waals surface area contributed by atoms with Crippen LogP contribution in [-0.4, -0.2) is 53.6 Å². The van der Waals surface area contributed by atoms with Gasteiger partial charge in [0.05, 0.1) is 0 Å². The summed E-state index contributed by atoms with van der Waals surface area (Å²) in [5.74, 6) is 1.32. The van der Waals surface area contributed by atoms with Crippen molar-refractivity contribution in [2.45, 2.75) is 40.2 Å². The minimum Gasteiger partial charge on any atom is -0.355 e. The van der Waals surface area contributed by atoms with Gasteiger partial charge in [-0.25, -0.2) is 0 Å². The molecule has 3 rings (SSSR count). The van der Waals surface area contributed by atoms with E-state index >= 15 is 0 Å². The zero-order valence-corrected chi connectivity index (χ0v) is 18.4. The Morgan fingerprint density at radius 3 is 2.57 bits per heavy atom. The van der Waals surface area contributed by atoms with Crippen molar-refractivity contribution in [1.29, 1.82) is 0 Å². The summed E-state index contributed by atoms with van der Waals surface area (Å²) in [5.41, 5.74) is 2.42. The van der Waals surface area contributed by atoms with Crippen molar-refractivity contribution in [2.24, 2.45) is 5.41 Å². The van der Waals surface area contributed by atoms with Crippen LogP contribution in [0.1, 0.15) is 43.1 Å². The van der Waals surface area contributed by atoms with E-state index in [0.29, 0.717) is 23.4 Å². The van der Waals surface area contributed by atoms with E-state index < -0.39 is 0 Å². The number of carbonyl (C=O) groups excluding carboxylic acids is 1. The molecule has 1 saturated heterocycles. The molecule has 1 aromatic heterocycles. The van der Waals surface area contributed by atoms with Gasteiger partial charge in [0, 0.05) is 37.4 Å². The van der Waals surface area contributed by atoms with Gasteiger partial charge >= 0.3 is 0 Å². The van der Waals surface area contributed by atoms with Gasteiger partial charge in [0.25, 0.3) is 5.91 Å². The van der Waals surface area contributed by atoms with E-state index in [1.54, 1.807) is 19.2 Å². The quantitative estimate of drug-likeness (QED) is 0.471. The first-order valence-corrected chi connectivity index (χ1v) is 10.3. The second-order valence-electron chi connectivity index (χ2n) is 8.79. The molecule has 0 saturated carbocycles. The Morgan fingerprint density at radius 1 is 1.17 bits per heavy atom. The van der Waals surface area contributed by atoms with Crippen LogP contribution in [0.3, 0.4) is 0 Å². The van der Waals surface area contributed by atoms with Crippen LogP contribution < -0.4 is 26.6 Å². The number of amides is 1. The van der Waals surface area contributed by atoms with Gasteiger partial charge in [-0.1, -0.05) is 26.8 Å². The number of rotatable bonds is 7. The number of aromatic nitrogens is 3. The molecular formula is C21H32N8O. The Morgan fingerprint density at radius 2 is 1.90 bits per heavy atom. The molecule has 0 spiro atoms. The SMILES string of the molecule is CNC(=O)c1ccc(C)c(Nc2nc(NCC(C)(C)C)nc(N[C@@H]3CCNC3)n2)c1. The zero-order chi connectivity index (χ0) is 21.7. The molecule has 30 heavy (non-hydrogen) atoms. The van der Waals surface area contributed by atoms with E-state index in [0.717, 1.165) is 37.3 Å². The molecule has 1 amide bonds. The molecule has 2 heterocycles. The molecular weight excluding hydrogens is 380 g/mol. The lowest BCUT2D eigenvalue weighted by Gasteiger charge is -2.20. The van der Waals surface area contributed by atoms with Gasteiger partial charge < -0.3 is 26.6 Å². The Labute approximate surface area is 177 Å². The molecule has 9 nitrogen and oxygen atoms in total. The van der Waals surface area contributed by atoms with E-state index in [1.807, 2.05) is 13.0 Å². The molecule has 1 atom stereocenters. The molecule has 9 heteroatoms. The average molecular weight is 413 g/mol. The summed E-state index contributed by atoms with van der Waals surface area (Å²) in [6, 6.07) is 5.78. The maximum Gasteiger partial charge on any atom is 0.251 e. The third-order valence-electron chi connectivity index (χ3n) is 4.78. The minimum atomic E-state index is -0.141. The van der Waals surface area contributed by atoms with Crippen LogP contribution in [0.15, 0.2) is 18.2 Å². The highest BCUT2D eigenvalue weighted by molar-refractivity contribution is 5.95. The lowest BCUT2D eigenvalue weighted by Crippen LogP contribution is -2.25. The molecule has 162 valence electrons. The van der Waals surface area contributed by atoms with E-state index in [9.17, 15) is 4.79 Å². The monoisotopic (exact) mass is 412 g/mol. The Hall–Kier alpha value is -2.94. The zero-order valence-electron chi connectivity index (χ0n) is 18.4. The first-order chi connectivity index (χ1) is 14.2. The van der Waals surface area contributed by atoms with Crippen LogP contribution in [0.5, 0.6) is 0 Å². The summed E-state index contributed by atoms with van der Waals surface area (Å²) in [6.45, 7) is 11.0. The summed E-state index contributed by atoms with van der Waals surface area (Å²) in [4.78, 5) is 25.7. The van der Waals surface area contributed by atoms with Crippen LogP contribution in [-0.2, 0) is 0 Å². The normalized spacial score (nSPS) is 16.2. The minimum absolute atomic E-state index is 0.0849. The van der Waals surface area contributed by atoms with Gasteiger partial charge in [-0.05, 0) is 43.0 Å². The largest absolute Gasteiger partial charge is 0.355 e. The summed E-state index contributed by atoms with van der Waals surface area (Å²) in [6.07, 6.45) is 1.02. The summed E-state index contributed by atoms with van der Waals surface area (Å²) < 4.78 is 0. The molecule has 1 fully saturated rings. The second-order valence-corrected chi connectivity index (χ2v) is 8.79. The van der Waals surface area contributed by atoms with Gasteiger partial charge in [0.2, 0.25) is 17.8 Å². The van der Waals surface area contributed by atoms with Crippen LogP contribution >= 0.6 is 0 Å².